The largest absolute Gasteiger partial charge is 0.493 e. The minimum atomic E-state index is -1.43. The van der Waals surface area contributed by atoms with E-state index < -0.39 is 17.6 Å². The fourth-order valence-electron chi connectivity index (χ4n) is 2.25. The molecule has 1 saturated carbocycles. The van der Waals surface area contributed by atoms with Gasteiger partial charge in [-0.05, 0) is 55.2 Å². The van der Waals surface area contributed by atoms with E-state index in [4.69, 9.17) is 4.74 Å². The van der Waals surface area contributed by atoms with Gasteiger partial charge in [0.05, 0.1) is 12.7 Å². The van der Waals surface area contributed by atoms with Gasteiger partial charge >= 0.3 is 0 Å². The Balaban J connectivity index is 1.64. The van der Waals surface area contributed by atoms with Crippen molar-refractivity contribution in [3.05, 3.63) is 54.2 Å². The number of nitrogens with zero attached hydrogens (tertiary/aromatic N) is 2. The van der Waals surface area contributed by atoms with E-state index in [1.807, 2.05) is 0 Å². The van der Waals surface area contributed by atoms with Gasteiger partial charge in [-0.25, -0.2) is 4.98 Å². The maximum absolute atomic E-state index is 12.5. The Kier molecular flexibility index (Phi) is 5.05. The average molecular weight is 335 g/mol. The van der Waals surface area contributed by atoms with Crippen LogP contribution in [0.1, 0.15) is 23.2 Å². The summed E-state index contributed by atoms with van der Waals surface area (Å²) in [5, 5.41) is 11.7. The zero-order valence-electron chi connectivity index (χ0n) is 13.5. The number of ether oxygens (including phenoxy) is 1. The van der Waals surface area contributed by atoms with Gasteiger partial charge in [0.15, 0.2) is 11.7 Å². The van der Waals surface area contributed by atoms with Gasteiger partial charge in [0, 0.05) is 11.8 Å². The van der Waals surface area contributed by atoms with E-state index in [0.29, 0.717) is 29.7 Å². The van der Waals surface area contributed by atoms with Crippen LogP contribution in [0.15, 0.2) is 48.7 Å². The van der Waals surface area contributed by atoms with Crippen molar-refractivity contribution in [2.45, 2.75) is 12.8 Å². The topological polar surface area (TPSA) is 92.1 Å². The second-order valence-electron chi connectivity index (χ2n) is 5.91. The SMILES string of the molecule is N#CC(C(=O)Nc1ccccn1)C(=O)c1ccc(OCC2CC2)cc1. The highest BCUT2D eigenvalue weighted by Crippen LogP contribution is 2.29. The molecule has 1 fully saturated rings. The number of nitrogens with one attached hydrogen (secondary N) is 1. The smallest absolute Gasteiger partial charge is 0.250 e. The molecule has 6 heteroatoms. The van der Waals surface area contributed by atoms with Crippen molar-refractivity contribution in [3.63, 3.8) is 0 Å². The van der Waals surface area contributed by atoms with Crippen LogP contribution < -0.4 is 10.1 Å². The summed E-state index contributed by atoms with van der Waals surface area (Å²) in [6.07, 6.45) is 3.91. The van der Waals surface area contributed by atoms with Gasteiger partial charge in [0.1, 0.15) is 11.6 Å². The van der Waals surface area contributed by atoms with Crippen LogP contribution in [-0.4, -0.2) is 23.3 Å². The summed E-state index contributed by atoms with van der Waals surface area (Å²) in [6, 6.07) is 13.3. The Morgan fingerprint density at radius 1 is 1.24 bits per heavy atom. The number of carbonyl (C=O) groups excluding carboxylic acids is 2. The Hall–Kier alpha value is -3.20. The summed E-state index contributed by atoms with van der Waals surface area (Å²) in [5.74, 6) is -1.07. The molecule has 2 aromatic rings. The normalized spacial score (nSPS) is 14.2. The van der Waals surface area contributed by atoms with Crippen LogP contribution in [0.5, 0.6) is 5.75 Å². The van der Waals surface area contributed by atoms with Crippen LogP contribution in [0.2, 0.25) is 0 Å². The van der Waals surface area contributed by atoms with Crippen molar-refractivity contribution >= 4 is 17.5 Å². The summed E-state index contributed by atoms with van der Waals surface area (Å²) >= 11 is 0. The molecule has 0 spiro atoms. The summed E-state index contributed by atoms with van der Waals surface area (Å²) in [7, 11) is 0. The van der Waals surface area contributed by atoms with Crippen molar-refractivity contribution < 1.29 is 14.3 Å². The van der Waals surface area contributed by atoms with Gasteiger partial charge in [-0.3, -0.25) is 9.59 Å². The predicted octanol–water partition coefficient (Wildman–Crippen LogP) is 2.83. The van der Waals surface area contributed by atoms with Crippen LogP contribution in [-0.2, 0) is 4.79 Å². The number of Topliss-reactive ketones (excluding diaryl/α,β-unsaturated/α-hetero) is 1. The third-order valence-electron chi connectivity index (χ3n) is 3.89. The molecule has 1 aliphatic carbocycles. The maximum Gasteiger partial charge on any atom is 0.250 e. The molecule has 1 amide bonds. The number of hydrogen-bond donors (Lipinski definition) is 1. The molecule has 1 atom stereocenters. The van der Waals surface area contributed by atoms with E-state index in [-0.39, 0.29) is 0 Å². The maximum atomic E-state index is 12.5. The van der Waals surface area contributed by atoms with E-state index in [1.54, 1.807) is 48.5 Å². The van der Waals surface area contributed by atoms with Crippen molar-refractivity contribution in [2.75, 3.05) is 11.9 Å². The predicted molar refractivity (Wildman–Crippen MR) is 91.0 cm³/mol. The highest BCUT2D eigenvalue weighted by molar-refractivity contribution is 6.15. The Morgan fingerprint density at radius 2 is 2.00 bits per heavy atom. The van der Waals surface area contributed by atoms with Crippen molar-refractivity contribution in [2.24, 2.45) is 11.8 Å². The minimum absolute atomic E-state index is 0.293. The fraction of sp³-hybridized carbons (Fsp3) is 0.263. The molecule has 6 nitrogen and oxygen atoms in total. The Bertz CT molecular complexity index is 793. The first-order chi connectivity index (χ1) is 12.2. The van der Waals surface area contributed by atoms with Gasteiger partial charge in [0.2, 0.25) is 0 Å². The third kappa shape index (κ3) is 4.42. The molecule has 1 N–H and O–H groups in total. The number of aromatic nitrogens is 1. The lowest BCUT2D eigenvalue weighted by Crippen LogP contribution is -2.29. The molecule has 0 bridgehead atoms. The standard InChI is InChI=1S/C19H17N3O3/c20-11-16(19(24)22-17-3-1-2-10-21-17)18(23)14-6-8-15(9-7-14)25-12-13-4-5-13/h1-3,6-10,13,16H,4-5,12H2,(H,21,22,24). The molecule has 1 unspecified atom stereocenters. The van der Waals surface area contributed by atoms with Crippen LogP contribution in [0.4, 0.5) is 5.82 Å². The summed E-state index contributed by atoms with van der Waals surface area (Å²) in [5.41, 5.74) is 0.293. The summed E-state index contributed by atoms with van der Waals surface area (Å²) in [6.45, 7) is 0.681. The van der Waals surface area contributed by atoms with Gasteiger partial charge in [-0.2, -0.15) is 5.26 Å². The monoisotopic (exact) mass is 335 g/mol. The Morgan fingerprint density at radius 3 is 2.60 bits per heavy atom. The number of carbonyl (C=O) groups is 2. The van der Waals surface area contributed by atoms with Gasteiger partial charge < -0.3 is 10.1 Å². The number of nitriles is 1. The van der Waals surface area contributed by atoms with Crippen LogP contribution in [0, 0.1) is 23.2 Å². The molecule has 126 valence electrons. The first-order valence-electron chi connectivity index (χ1n) is 8.06. The molecule has 1 aromatic heterocycles. The number of amides is 1. The molecule has 0 radical (unpaired) electrons. The lowest BCUT2D eigenvalue weighted by atomic mass is 9.98. The molecular formula is C19H17N3O3. The lowest BCUT2D eigenvalue weighted by Gasteiger charge is -2.10. The number of rotatable bonds is 7. The Labute approximate surface area is 145 Å². The second-order valence-corrected chi connectivity index (χ2v) is 5.91. The first-order valence-corrected chi connectivity index (χ1v) is 8.06. The molecule has 1 aromatic carbocycles. The van der Waals surface area contributed by atoms with Gasteiger partial charge in [-0.15, -0.1) is 0 Å². The van der Waals surface area contributed by atoms with E-state index in [0.717, 1.165) is 0 Å². The van der Waals surface area contributed by atoms with E-state index in [2.05, 4.69) is 10.3 Å². The fourth-order valence-corrected chi connectivity index (χ4v) is 2.25. The highest BCUT2D eigenvalue weighted by Gasteiger charge is 2.28. The minimum Gasteiger partial charge on any atom is -0.493 e. The molecule has 1 aliphatic rings. The summed E-state index contributed by atoms with van der Waals surface area (Å²) < 4.78 is 5.61. The van der Waals surface area contributed by atoms with Crippen LogP contribution >= 0.6 is 0 Å². The van der Waals surface area contributed by atoms with Crippen LogP contribution in [0.25, 0.3) is 0 Å². The highest BCUT2D eigenvalue weighted by atomic mass is 16.5. The number of ketones is 1. The van der Waals surface area contributed by atoms with E-state index in [9.17, 15) is 14.9 Å². The van der Waals surface area contributed by atoms with Crippen molar-refractivity contribution in [1.29, 1.82) is 5.26 Å². The van der Waals surface area contributed by atoms with E-state index >= 15 is 0 Å². The van der Waals surface area contributed by atoms with E-state index in [1.165, 1.54) is 19.0 Å². The van der Waals surface area contributed by atoms with Crippen molar-refractivity contribution in [1.82, 2.24) is 4.98 Å². The van der Waals surface area contributed by atoms with Gasteiger partial charge in [0.25, 0.3) is 5.91 Å². The molecule has 0 aliphatic heterocycles. The first kappa shape index (κ1) is 16.7. The number of hydrogen-bond acceptors (Lipinski definition) is 5. The number of benzene rings is 1. The zero-order chi connectivity index (χ0) is 17.6. The second kappa shape index (κ2) is 7.58. The van der Waals surface area contributed by atoms with Gasteiger partial charge in [-0.1, -0.05) is 6.07 Å². The number of anilines is 1. The molecule has 3 rings (SSSR count). The average Bonchev–Trinajstić information content (AvgIpc) is 3.46. The zero-order valence-corrected chi connectivity index (χ0v) is 13.5. The molecule has 25 heavy (non-hydrogen) atoms. The third-order valence-corrected chi connectivity index (χ3v) is 3.89. The molecular weight excluding hydrogens is 318 g/mol. The quantitative estimate of drug-likeness (QED) is 0.620. The number of pyridine rings is 1. The van der Waals surface area contributed by atoms with Crippen molar-refractivity contribution in [3.8, 4) is 11.8 Å². The lowest BCUT2D eigenvalue weighted by molar-refractivity contribution is -0.117. The molecule has 1 heterocycles. The molecule has 0 saturated heterocycles. The summed E-state index contributed by atoms with van der Waals surface area (Å²) in [4.78, 5) is 28.6. The van der Waals surface area contributed by atoms with Crippen LogP contribution in [0.3, 0.4) is 0 Å².